The number of ketones is 1. The number of carbonyl (C=O) groups excluding carboxylic acids is 4. The lowest BCUT2D eigenvalue weighted by atomic mass is 9.37. The Morgan fingerprint density at radius 3 is 2.09 bits per heavy atom. The van der Waals surface area contributed by atoms with Gasteiger partial charge < -0.3 is 24.4 Å². The highest BCUT2D eigenvalue weighted by atomic mass is 16.6. The van der Waals surface area contributed by atoms with E-state index in [-0.39, 0.29) is 36.6 Å². The molecule has 6 saturated carbocycles. The third-order valence-corrected chi connectivity index (χ3v) is 11.7. The lowest BCUT2D eigenvalue weighted by molar-refractivity contribution is -0.237. The second-order valence-corrected chi connectivity index (χ2v) is 12.9. The van der Waals surface area contributed by atoms with E-state index in [4.69, 9.17) is 14.2 Å². The monoisotopic (exact) mass is 490 g/mol. The van der Waals surface area contributed by atoms with E-state index in [1.54, 1.807) is 6.92 Å². The Morgan fingerprint density at radius 2 is 1.57 bits per heavy atom. The van der Waals surface area contributed by atoms with E-state index in [9.17, 15) is 29.4 Å². The third-order valence-electron chi connectivity index (χ3n) is 11.7. The molecule has 35 heavy (non-hydrogen) atoms. The van der Waals surface area contributed by atoms with Crippen LogP contribution in [-0.4, -0.2) is 63.4 Å². The molecule has 6 fully saturated rings. The molecule has 0 aromatic carbocycles. The van der Waals surface area contributed by atoms with Crippen molar-refractivity contribution in [3.63, 3.8) is 0 Å². The van der Waals surface area contributed by atoms with Gasteiger partial charge in [0.2, 0.25) is 0 Å². The van der Waals surface area contributed by atoms with Crippen LogP contribution in [0.15, 0.2) is 0 Å². The Balaban J connectivity index is 1.56. The first kappa shape index (κ1) is 23.4. The molecular formula is C26H34O9. The number of carbonyl (C=O) groups is 4. The minimum atomic E-state index is -1.75. The third kappa shape index (κ3) is 1.97. The largest absolute Gasteiger partial charge is 0.465 e. The maximum Gasteiger partial charge on any atom is 0.303 e. The van der Waals surface area contributed by atoms with Crippen molar-refractivity contribution in [1.82, 2.24) is 0 Å². The second-order valence-electron chi connectivity index (χ2n) is 12.9. The molecule has 0 aliphatic heterocycles. The minimum Gasteiger partial charge on any atom is -0.465 e. The molecule has 2 bridgehead atoms. The van der Waals surface area contributed by atoms with Crippen LogP contribution in [0, 0.1) is 51.8 Å². The van der Waals surface area contributed by atoms with Gasteiger partial charge in [0.25, 0.3) is 0 Å². The van der Waals surface area contributed by atoms with E-state index in [0.29, 0.717) is 0 Å². The van der Waals surface area contributed by atoms with Crippen molar-refractivity contribution in [2.24, 2.45) is 51.8 Å². The van der Waals surface area contributed by atoms with Gasteiger partial charge in [-0.05, 0) is 24.2 Å². The summed E-state index contributed by atoms with van der Waals surface area (Å²) in [6.45, 7) is 11.4. The van der Waals surface area contributed by atoms with E-state index in [0.717, 1.165) is 0 Å². The Morgan fingerprint density at radius 1 is 0.943 bits per heavy atom. The molecule has 192 valence electrons. The summed E-state index contributed by atoms with van der Waals surface area (Å²) in [7, 11) is 0. The van der Waals surface area contributed by atoms with E-state index < -0.39 is 74.8 Å². The van der Waals surface area contributed by atoms with Crippen molar-refractivity contribution >= 4 is 23.7 Å². The molecular weight excluding hydrogens is 456 g/mol. The fourth-order valence-corrected chi connectivity index (χ4v) is 10.9. The molecule has 6 rings (SSSR count). The second kappa shape index (κ2) is 5.93. The fourth-order valence-electron chi connectivity index (χ4n) is 10.9. The fraction of sp³-hybridized carbons (Fsp3) is 0.846. The van der Waals surface area contributed by atoms with Crippen LogP contribution in [-0.2, 0) is 33.4 Å². The van der Waals surface area contributed by atoms with Gasteiger partial charge in [-0.2, -0.15) is 0 Å². The van der Waals surface area contributed by atoms with Crippen molar-refractivity contribution in [3.05, 3.63) is 0 Å². The average Bonchev–Trinajstić information content (AvgIpc) is 2.95. The Bertz CT molecular complexity index is 1110. The van der Waals surface area contributed by atoms with Gasteiger partial charge in [0.05, 0.1) is 12.2 Å². The van der Waals surface area contributed by atoms with Gasteiger partial charge in [0.1, 0.15) is 11.7 Å². The molecule has 0 spiro atoms. The quantitative estimate of drug-likeness (QED) is 0.437. The van der Waals surface area contributed by atoms with E-state index >= 15 is 0 Å². The highest BCUT2D eigenvalue weighted by molar-refractivity contribution is 6.01. The van der Waals surface area contributed by atoms with Crippen LogP contribution in [0.2, 0.25) is 0 Å². The maximum atomic E-state index is 13.6. The first-order chi connectivity index (χ1) is 16.0. The molecule has 9 nitrogen and oxygen atoms in total. The van der Waals surface area contributed by atoms with Gasteiger partial charge in [-0.3, -0.25) is 19.2 Å². The lowest BCUT2D eigenvalue weighted by Gasteiger charge is -2.65. The van der Waals surface area contributed by atoms with Crippen molar-refractivity contribution < 1.29 is 43.6 Å². The van der Waals surface area contributed by atoms with Crippen LogP contribution in [0.25, 0.3) is 0 Å². The molecule has 12 unspecified atom stereocenters. The number of esters is 3. The molecule has 12 atom stereocenters. The number of ether oxygens (including phenoxy) is 3. The molecule has 0 amide bonds. The molecule has 0 heterocycles. The van der Waals surface area contributed by atoms with Crippen molar-refractivity contribution in [2.75, 3.05) is 6.61 Å². The van der Waals surface area contributed by atoms with Gasteiger partial charge in [-0.25, -0.2) is 0 Å². The molecule has 9 heteroatoms. The summed E-state index contributed by atoms with van der Waals surface area (Å²) in [5.74, 6) is -4.57. The molecule has 2 N–H and O–H groups in total. The molecule has 0 aromatic heterocycles. The van der Waals surface area contributed by atoms with E-state index in [2.05, 4.69) is 0 Å². The van der Waals surface area contributed by atoms with E-state index in [1.165, 1.54) is 20.8 Å². The number of Topliss-reactive ketones (excluding diaryl/α,β-unsaturated/α-hetero) is 1. The number of hydrogen-bond donors (Lipinski definition) is 2. The first-order valence-corrected chi connectivity index (χ1v) is 12.5. The predicted molar refractivity (Wildman–Crippen MR) is 117 cm³/mol. The van der Waals surface area contributed by atoms with Crippen molar-refractivity contribution in [1.29, 1.82) is 0 Å². The highest BCUT2D eigenvalue weighted by Crippen LogP contribution is 2.93. The van der Waals surface area contributed by atoms with Gasteiger partial charge in [0.15, 0.2) is 11.4 Å². The van der Waals surface area contributed by atoms with Crippen LogP contribution in [0.3, 0.4) is 0 Å². The average molecular weight is 491 g/mol. The normalized spacial score (nSPS) is 57.1. The van der Waals surface area contributed by atoms with Gasteiger partial charge in [-0.15, -0.1) is 0 Å². The van der Waals surface area contributed by atoms with Gasteiger partial charge >= 0.3 is 17.9 Å². The Hall–Kier alpha value is -2.00. The highest BCUT2D eigenvalue weighted by Gasteiger charge is 3.01. The van der Waals surface area contributed by atoms with Gasteiger partial charge in [0, 0.05) is 54.8 Å². The number of rotatable bonds is 4. The Labute approximate surface area is 203 Å². The van der Waals surface area contributed by atoms with Crippen LogP contribution in [0.1, 0.15) is 54.9 Å². The molecule has 0 aromatic rings. The maximum absolute atomic E-state index is 13.6. The molecule has 0 radical (unpaired) electrons. The van der Waals surface area contributed by atoms with Crippen molar-refractivity contribution in [2.45, 2.75) is 77.8 Å². The summed E-state index contributed by atoms with van der Waals surface area (Å²) in [4.78, 5) is 50.0. The lowest BCUT2D eigenvalue weighted by Crippen LogP contribution is -2.67. The van der Waals surface area contributed by atoms with Gasteiger partial charge in [-0.1, -0.05) is 27.7 Å². The molecule has 6 aliphatic rings. The van der Waals surface area contributed by atoms with Crippen LogP contribution < -0.4 is 0 Å². The molecule has 0 saturated heterocycles. The molecule has 6 aliphatic carbocycles. The first-order valence-electron chi connectivity index (χ1n) is 12.5. The number of fused-ring (bicyclic) bond motifs is 8. The van der Waals surface area contributed by atoms with Crippen LogP contribution >= 0.6 is 0 Å². The van der Waals surface area contributed by atoms with Crippen molar-refractivity contribution in [3.8, 4) is 0 Å². The minimum absolute atomic E-state index is 0.0111. The summed E-state index contributed by atoms with van der Waals surface area (Å²) in [5.41, 5.74) is -6.80. The van der Waals surface area contributed by atoms with Crippen LogP contribution in [0.5, 0.6) is 0 Å². The number of aliphatic hydroxyl groups is 2. The SMILES string of the molecule is CC(=O)OCC12CC3(O)C(=O)C1(C)C1C3C3(O)C(C)C(OC(C)=O)C4(OC(C)=O)C(C3C12)C4(C)C. The predicted octanol–water partition coefficient (Wildman–Crippen LogP) is 1.02. The van der Waals surface area contributed by atoms with Crippen LogP contribution in [0.4, 0.5) is 0 Å². The standard InChI is InChI=1S/C26H34O9/c1-10-19(34-12(3)28)26(35-13(4)29)17(21(26,5)6)16-14-15-18(25(10,16)32)24(31)8-23(14,9-33-11(2)27)22(15,7)20(24)30/h10,14-19,31-32H,8-9H2,1-7H3. The topological polar surface area (TPSA) is 136 Å². The zero-order chi connectivity index (χ0) is 25.9. The zero-order valence-corrected chi connectivity index (χ0v) is 21.2. The summed E-state index contributed by atoms with van der Waals surface area (Å²) < 4.78 is 17.3. The summed E-state index contributed by atoms with van der Waals surface area (Å²) in [6, 6.07) is 0. The summed E-state index contributed by atoms with van der Waals surface area (Å²) >= 11 is 0. The smallest absolute Gasteiger partial charge is 0.303 e. The summed E-state index contributed by atoms with van der Waals surface area (Å²) in [5, 5.41) is 24.5. The zero-order valence-electron chi connectivity index (χ0n) is 21.2. The van der Waals surface area contributed by atoms with E-state index in [1.807, 2.05) is 20.8 Å². The number of hydrogen-bond acceptors (Lipinski definition) is 9. The Kier molecular flexibility index (Phi) is 3.97. The summed E-state index contributed by atoms with van der Waals surface area (Å²) in [6.07, 6.45) is -0.818.